The fourth-order valence-corrected chi connectivity index (χ4v) is 3.05. The van der Waals surface area contributed by atoms with Crippen molar-refractivity contribution in [1.82, 2.24) is 19.9 Å². The lowest BCUT2D eigenvalue weighted by atomic mass is 10.0. The lowest BCUT2D eigenvalue weighted by Gasteiger charge is -2.07. The molecule has 6 nitrogen and oxygen atoms in total. The van der Waals surface area contributed by atoms with Crippen molar-refractivity contribution in [2.45, 2.75) is 13.3 Å². The number of anilines is 1. The molecule has 0 aliphatic carbocycles. The SMILES string of the molecule is C=CC(=O)Nc1cccc(-c2cnc3[nH]cc(-c4cncc(CC)n4)c3c2)c1. The first-order valence-corrected chi connectivity index (χ1v) is 9.00. The Kier molecular flexibility index (Phi) is 4.68. The number of aromatic nitrogens is 4. The zero-order chi connectivity index (χ0) is 19.5. The average Bonchev–Trinajstić information content (AvgIpc) is 3.17. The summed E-state index contributed by atoms with van der Waals surface area (Å²) < 4.78 is 0. The van der Waals surface area contributed by atoms with Gasteiger partial charge in [-0.15, -0.1) is 0 Å². The molecule has 0 spiro atoms. The molecule has 0 bridgehead atoms. The molecular formula is C22H19N5O. The van der Waals surface area contributed by atoms with Gasteiger partial charge in [0.05, 0.1) is 17.6 Å². The number of fused-ring (bicyclic) bond motifs is 1. The van der Waals surface area contributed by atoms with E-state index in [1.165, 1.54) is 6.08 Å². The van der Waals surface area contributed by atoms with E-state index in [1.54, 1.807) is 12.4 Å². The third-order valence-electron chi connectivity index (χ3n) is 4.50. The third kappa shape index (κ3) is 3.40. The highest BCUT2D eigenvalue weighted by molar-refractivity contribution is 5.99. The Labute approximate surface area is 162 Å². The van der Waals surface area contributed by atoms with Crippen molar-refractivity contribution >= 4 is 22.6 Å². The monoisotopic (exact) mass is 369 g/mol. The molecule has 4 aromatic rings. The molecule has 3 heterocycles. The minimum atomic E-state index is -0.243. The van der Waals surface area contributed by atoms with E-state index in [1.807, 2.05) is 36.7 Å². The lowest BCUT2D eigenvalue weighted by Crippen LogP contribution is -2.06. The van der Waals surface area contributed by atoms with Crippen molar-refractivity contribution in [3.05, 3.63) is 73.5 Å². The van der Waals surface area contributed by atoms with Gasteiger partial charge in [0.1, 0.15) is 5.65 Å². The number of pyridine rings is 1. The van der Waals surface area contributed by atoms with E-state index in [4.69, 9.17) is 0 Å². The Bertz CT molecular complexity index is 1180. The number of nitrogens with zero attached hydrogens (tertiary/aromatic N) is 3. The molecule has 0 aliphatic heterocycles. The van der Waals surface area contributed by atoms with Crippen LogP contribution in [0.25, 0.3) is 33.4 Å². The largest absolute Gasteiger partial charge is 0.345 e. The first-order chi connectivity index (χ1) is 13.7. The molecule has 1 aromatic carbocycles. The van der Waals surface area contributed by atoms with Gasteiger partial charge in [0, 0.05) is 40.8 Å². The average molecular weight is 369 g/mol. The lowest BCUT2D eigenvalue weighted by molar-refractivity contribution is -0.111. The molecule has 0 saturated carbocycles. The van der Waals surface area contributed by atoms with E-state index < -0.39 is 0 Å². The van der Waals surface area contributed by atoms with Gasteiger partial charge in [0.25, 0.3) is 0 Å². The van der Waals surface area contributed by atoms with E-state index >= 15 is 0 Å². The van der Waals surface area contributed by atoms with Crippen molar-refractivity contribution < 1.29 is 4.79 Å². The minimum absolute atomic E-state index is 0.243. The molecule has 0 atom stereocenters. The van der Waals surface area contributed by atoms with Crippen LogP contribution in [0.3, 0.4) is 0 Å². The summed E-state index contributed by atoms with van der Waals surface area (Å²) in [7, 11) is 0. The van der Waals surface area contributed by atoms with Crippen LogP contribution in [0.4, 0.5) is 5.69 Å². The standard InChI is InChI=1S/C22H19N5O/c1-3-16-11-23-13-20(26-16)19-12-25-22-18(19)9-15(10-24-22)14-6-5-7-17(8-14)27-21(28)4-2/h4-13H,2-3H2,1H3,(H,24,25)(H,27,28). The number of nitrogens with one attached hydrogen (secondary N) is 2. The molecule has 3 aromatic heterocycles. The first kappa shape index (κ1) is 17.6. The van der Waals surface area contributed by atoms with Crippen LogP contribution in [0.15, 0.2) is 67.8 Å². The van der Waals surface area contributed by atoms with Gasteiger partial charge >= 0.3 is 0 Å². The molecule has 28 heavy (non-hydrogen) atoms. The van der Waals surface area contributed by atoms with Crippen LogP contribution in [0.5, 0.6) is 0 Å². The number of rotatable bonds is 5. The topological polar surface area (TPSA) is 83.6 Å². The molecule has 2 N–H and O–H groups in total. The van der Waals surface area contributed by atoms with Gasteiger partial charge in [-0.3, -0.25) is 9.78 Å². The second-order valence-electron chi connectivity index (χ2n) is 6.35. The first-order valence-electron chi connectivity index (χ1n) is 9.00. The summed E-state index contributed by atoms with van der Waals surface area (Å²) in [6.07, 6.45) is 9.34. The number of H-pyrrole nitrogens is 1. The molecule has 0 saturated heterocycles. The van der Waals surface area contributed by atoms with E-state index in [-0.39, 0.29) is 5.91 Å². The van der Waals surface area contributed by atoms with E-state index in [9.17, 15) is 4.79 Å². The van der Waals surface area contributed by atoms with Crippen molar-refractivity contribution in [2.24, 2.45) is 0 Å². The molecule has 4 rings (SSSR count). The third-order valence-corrected chi connectivity index (χ3v) is 4.50. The number of hydrogen-bond donors (Lipinski definition) is 2. The second kappa shape index (κ2) is 7.44. The van der Waals surface area contributed by atoms with Gasteiger partial charge < -0.3 is 10.3 Å². The minimum Gasteiger partial charge on any atom is -0.345 e. The zero-order valence-electron chi connectivity index (χ0n) is 15.4. The van der Waals surface area contributed by atoms with Crippen molar-refractivity contribution in [1.29, 1.82) is 0 Å². The van der Waals surface area contributed by atoms with Crippen LogP contribution in [0.2, 0.25) is 0 Å². The quantitative estimate of drug-likeness (QED) is 0.512. The molecule has 1 amide bonds. The van der Waals surface area contributed by atoms with Gasteiger partial charge in [-0.2, -0.15) is 0 Å². The fourth-order valence-electron chi connectivity index (χ4n) is 3.05. The summed E-state index contributed by atoms with van der Waals surface area (Å²) in [6.45, 7) is 5.54. The van der Waals surface area contributed by atoms with E-state index in [0.717, 1.165) is 45.5 Å². The maximum absolute atomic E-state index is 11.6. The predicted molar refractivity (Wildman–Crippen MR) is 111 cm³/mol. The summed E-state index contributed by atoms with van der Waals surface area (Å²) in [5.74, 6) is -0.243. The van der Waals surface area contributed by atoms with E-state index in [2.05, 4.69) is 44.8 Å². The van der Waals surface area contributed by atoms with Crippen molar-refractivity contribution in [3.8, 4) is 22.4 Å². The van der Waals surface area contributed by atoms with Gasteiger partial charge in [-0.1, -0.05) is 25.6 Å². The summed E-state index contributed by atoms with van der Waals surface area (Å²) in [5.41, 5.74) is 6.12. The normalized spacial score (nSPS) is 10.8. The van der Waals surface area contributed by atoms with Crippen LogP contribution in [-0.4, -0.2) is 25.8 Å². The van der Waals surface area contributed by atoms with Crippen molar-refractivity contribution in [3.63, 3.8) is 0 Å². The number of aryl methyl sites for hydroxylation is 1. The fraction of sp³-hybridized carbons (Fsp3) is 0.0909. The summed E-state index contributed by atoms with van der Waals surface area (Å²) in [6, 6.07) is 9.70. The maximum atomic E-state index is 11.6. The Balaban J connectivity index is 1.77. The Morgan fingerprint density at radius 2 is 2.11 bits per heavy atom. The molecule has 0 radical (unpaired) electrons. The molecule has 138 valence electrons. The molecule has 6 heteroatoms. The van der Waals surface area contributed by atoms with E-state index in [0.29, 0.717) is 5.69 Å². The molecule has 0 aliphatic rings. The molecule has 0 unspecified atom stereocenters. The Morgan fingerprint density at radius 3 is 2.93 bits per heavy atom. The smallest absolute Gasteiger partial charge is 0.247 e. The highest BCUT2D eigenvalue weighted by Crippen LogP contribution is 2.30. The summed E-state index contributed by atoms with van der Waals surface area (Å²) >= 11 is 0. The zero-order valence-corrected chi connectivity index (χ0v) is 15.4. The summed E-state index contributed by atoms with van der Waals surface area (Å²) in [4.78, 5) is 28.3. The van der Waals surface area contributed by atoms with Crippen LogP contribution in [0, 0.1) is 0 Å². The molecule has 0 fully saturated rings. The van der Waals surface area contributed by atoms with Crippen molar-refractivity contribution in [2.75, 3.05) is 5.32 Å². The number of benzene rings is 1. The van der Waals surface area contributed by atoms with Crippen LogP contribution in [-0.2, 0) is 11.2 Å². The van der Waals surface area contributed by atoms with Crippen LogP contribution in [0.1, 0.15) is 12.6 Å². The van der Waals surface area contributed by atoms with Gasteiger partial charge in [0.15, 0.2) is 0 Å². The number of hydrogen-bond acceptors (Lipinski definition) is 4. The maximum Gasteiger partial charge on any atom is 0.247 e. The van der Waals surface area contributed by atoms with Gasteiger partial charge in [-0.05, 0) is 36.3 Å². The second-order valence-corrected chi connectivity index (χ2v) is 6.35. The number of carbonyl (C=O) groups excluding carboxylic acids is 1. The number of carbonyl (C=O) groups is 1. The number of aromatic amines is 1. The Hall–Kier alpha value is -3.80. The molecular weight excluding hydrogens is 350 g/mol. The van der Waals surface area contributed by atoms with Gasteiger partial charge in [0.2, 0.25) is 5.91 Å². The number of amides is 1. The highest BCUT2D eigenvalue weighted by Gasteiger charge is 2.11. The van der Waals surface area contributed by atoms with Crippen LogP contribution >= 0.6 is 0 Å². The van der Waals surface area contributed by atoms with Crippen LogP contribution < -0.4 is 5.32 Å². The summed E-state index contributed by atoms with van der Waals surface area (Å²) in [5, 5.41) is 3.75. The van der Waals surface area contributed by atoms with Gasteiger partial charge in [-0.25, -0.2) is 9.97 Å². The Morgan fingerprint density at radius 1 is 1.21 bits per heavy atom. The highest BCUT2D eigenvalue weighted by atomic mass is 16.1. The predicted octanol–water partition coefficient (Wildman–Crippen LogP) is 4.37.